The van der Waals surface area contributed by atoms with Crippen molar-refractivity contribution in [1.29, 1.82) is 0 Å². The number of rotatable bonds is 5. The summed E-state index contributed by atoms with van der Waals surface area (Å²) in [6.45, 7) is 9.14. The van der Waals surface area contributed by atoms with Crippen molar-refractivity contribution in [2.24, 2.45) is 10.9 Å². The van der Waals surface area contributed by atoms with Gasteiger partial charge in [0.25, 0.3) is 5.69 Å². The Morgan fingerprint density at radius 1 is 1.36 bits per heavy atom. The van der Waals surface area contributed by atoms with Gasteiger partial charge < -0.3 is 15.4 Å². The van der Waals surface area contributed by atoms with Crippen LogP contribution < -0.4 is 10.6 Å². The lowest BCUT2D eigenvalue weighted by Gasteiger charge is -2.25. The van der Waals surface area contributed by atoms with Gasteiger partial charge in [-0.15, -0.1) is 24.0 Å². The van der Waals surface area contributed by atoms with Crippen LogP contribution in [0.25, 0.3) is 0 Å². The van der Waals surface area contributed by atoms with Crippen LogP contribution in [0.2, 0.25) is 0 Å². The van der Waals surface area contributed by atoms with Gasteiger partial charge in [0.2, 0.25) is 0 Å². The summed E-state index contributed by atoms with van der Waals surface area (Å²) in [6, 6.07) is 6.48. The van der Waals surface area contributed by atoms with Gasteiger partial charge in [-0.3, -0.25) is 10.1 Å². The van der Waals surface area contributed by atoms with E-state index in [9.17, 15) is 10.1 Å². The summed E-state index contributed by atoms with van der Waals surface area (Å²) in [4.78, 5) is 14.9. The minimum atomic E-state index is -0.398. The van der Waals surface area contributed by atoms with Crippen LogP contribution in [0.3, 0.4) is 0 Å². The Morgan fingerprint density at radius 2 is 2.04 bits per heavy atom. The van der Waals surface area contributed by atoms with Crippen molar-refractivity contribution < 1.29 is 9.66 Å². The van der Waals surface area contributed by atoms with Crippen LogP contribution in [0.15, 0.2) is 29.3 Å². The number of hydrogen-bond donors (Lipinski definition) is 2. The second kappa shape index (κ2) is 9.91. The largest absolute Gasteiger partial charge is 0.381 e. The Balaban J connectivity index is 0.00000312. The second-order valence-corrected chi connectivity index (χ2v) is 7.07. The van der Waals surface area contributed by atoms with Crippen molar-refractivity contribution in [2.45, 2.75) is 39.3 Å². The van der Waals surface area contributed by atoms with Crippen molar-refractivity contribution in [3.63, 3.8) is 0 Å². The molecule has 1 saturated heterocycles. The number of benzene rings is 1. The van der Waals surface area contributed by atoms with Crippen molar-refractivity contribution in [1.82, 2.24) is 10.6 Å². The molecule has 1 atom stereocenters. The van der Waals surface area contributed by atoms with Crippen molar-refractivity contribution >= 4 is 35.6 Å². The lowest BCUT2D eigenvalue weighted by molar-refractivity contribution is -0.384. The number of hydrogen-bond acceptors (Lipinski definition) is 4. The zero-order chi connectivity index (χ0) is 17.6. The smallest absolute Gasteiger partial charge is 0.269 e. The number of guanidine groups is 1. The van der Waals surface area contributed by atoms with E-state index in [0.29, 0.717) is 12.5 Å². The fourth-order valence-corrected chi connectivity index (χ4v) is 2.37. The summed E-state index contributed by atoms with van der Waals surface area (Å²) in [6.07, 6.45) is 1.07. The van der Waals surface area contributed by atoms with E-state index < -0.39 is 4.92 Å². The predicted octanol–water partition coefficient (Wildman–Crippen LogP) is 3.08. The topological polar surface area (TPSA) is 88.8 Å². The average Bonchev–Trinajstić information content (AvgIpc) is 3.02. The summed E-state index contributed by atoms with van der Waals surface area (Å²) in [5.41, 5.74) is 0.919. The molecule has 1 aromatic carbocycles. The highest BCUT2D eigenvalue weighted by Crippen LogP contribution is 2.13. The first-order valence-electron chi connectivity index (χ1n) is 8.21. The minimum absolute atomic E-state index is 0. The van der Waals surface area contributed by atoms with E-state index in [1.54, 1.807) is 12.1 Å². The number of nitrogens with zero attached hydrogens (tertiary/aromatic N) is 2. The molecule has 7 nitrogen and oxygen atoms in total. The molecule has 0 bridgehead atoms. The second-order valence-electron chi connectivity index (χ2n) is 7.07. The lowest BCUT2D eigenvalue weighted by atomic mass is 10.1. The Morgan fingerprint density at radius 3 is 2.56 bits per heavy atom. The number of nitrogens with one attached hydrogen (secondary N) is 2. The number of aliphatic imine (C=N–C) groups is 1. The first-order chi connectivity index (χ1) is 11.3. The molecule has 0 aromatic heterocycles. The SMILES string of the molecule is CC(C)(C)NC(=NCc1ccc([N+](=O)[O-])cc1)NCC1CCOC1.I. The van der Waals surface area contributed by atoms with Crippen LogP contribution in [0.5, 0.6) is 0 Å². The van der Waals surface area contributed by atoms with Crippen LogP contribution >= 0.6 is 24.0 Å². The van der Waals surface area contributed by atoms with E-state index in [0.717, 1.165) is 37.7 Å². The van der Waals surface area contributed by atoms with Gasteiger partial charge in [0.15, 0.2) is 5.96 Å². The van der Waals surface area contributed by atoms with Gasteiger partial charge in [-0.1, -0.05) is 12.1 Å². The molecule has 140 valence electrons. The molecule has 2 N–H and O–H groups in total. The molecule has 1 fully saturated rings. The number of non-ortho nitro benzene ring substituents is 1. The standard InChI is InChI=1S/C17H26N4O3.HI/c1-17(2,3)20-16(19-11-14-8-9-24-12-14)18-10-13-4-6-15(7-5-13)21(22)23;/h4-7,14H,8-12H2,1-3H3,(H2,18,19,20);1H. The van der Waals surface area contributed by atoms with Crippen LogP contribution in [0.4, 0.5) is 5.69 Å². The number of nitro groups is 1. The van der Waals surface area contributed by atoms with E-state index in [4.69, 9.17) is 4.74 Å². The van der Waals surface area contributed by atoms with Crippen molar-refractivity contribution in [3.05, 3.63) is 39.9 Å². The van der Waals surface area contributed by atoms with Crippen LogP contribution in [0, 0.1) is 16.0 Å². The molecule has 25 heavy (non-hydrogen) atoms. The summed E-state index contributed by atoms with van der Waals surface area (Å²) in [5.74, 6) is 1.25. The molecular weight excluding hydrogens is 435 g/mol. The summed E-state index contributed by atoms with van der Waals surface area (Å²) < 4.78 is 5.39. The highest BCUT2D eigenvalue weighted by Gasteiger charge is 2.17. The molecule has 1 aromatic rings. The quantitative estimate of drug-likeness (QED) is 0.231. The molecule has 1 heterocycles. The zero-order valence-corrected chi connectivity index (χ0v) is 17.3. The monoisotopic (exact) mass is 462 g/mol. The summed E-state index contributed by atoms with van der Waals surface area (Å²) in [5, 5.41) is 17.4. The Kier molecular flexibility index (Phi) is 8.57. The molecule has 0 amide bonds. The fraction of sp³-hybridized carbons (Fsp3) is 0.588. The normalized spacial score (nSPS) is 17.7. The Hall–Kier alpha value is -1.42. The highest BCUT2D eigenvalue weighted by atomic mass is 127. The zero-order valence-electron chi connectivity index (χ0n) is 14.9. The predicted molar refractivity (Wildman–Crippen MR) is 109 cm³/mol. The number of ether oxygens (including phenoxy) is 1. The van der Waals surface area contributed by atoms with E-state index in [1.165, 1.54) is 12.1 Å². The Bertz CT molecular complexity index is 579. The highest BCUT2D eigenvalue weighted by molar-refractivity contribution is 14.0. The maximum Gasteiger partial charge on any atom is 0.269 e. The van der Waals surface area contributed by atoms with Gasteiger partial charge in [0.1, 0.15) is 0 Å². The van der Waals surface area contributed by atoms with Crippen molar-refractivity contribution in [3.8, 4) is 0 Å². The van der Waals surface area contributed by atoms with Gasteiger partial charge in [-0.25, -0.2) is 4.99 Å². The van der Waals surface area contributed by atoms with Gasteiger partial charge in [-0.2, -0.15) is 0 Å². The molecule has 2 rings (SSSR count). The molecule has 0 spiro atoms. The van der Waals surface area contributed by atoms with E-state index in [-0.39, 0.29) is 35.2 Å². The van der Waals surface area contributed by atoms with Crippen LogP contribution in [0.1, 0.15) is 32.8 Å². The molecular formula is C17H27IN4O3. The van der Waals surface area contributed by atoms with E-state index >= 15 is 0 Å². The molecule has 1 aliphatic rings. The third-order valence-electron chi connectivity index (χ3n) is 3.64. The molecule has 0 aliphatic carbocycles. The van der Waals surface area contributed by atoms with Gasteiger partial charge in [0, 0.05) is 36.7 Å². The average molecular weight is 462 g/mol. The van der Waals surface area contributed by atoms with Crippen molar-refractivity contribution in [2.75, 3.05) is 19.8 Å². The number of halogens is 1. The first kappa shape index (κ1) is 21.6. The van der Waals surface area contributed by atoms with Crippen LogP contribution in [-0.4, -0.2) is 36.2 Å². The molecule has 0 radical (unpaired) electrons. The summed E-state index contributed by atoms with van der Waals surface area (Å²) in [7, 11) is 0. The fourth-order valence-electron chi connectivity index (χ4n) is 2.37. The first-order valence-corrected chi connectivity index (χ1v) is 8.21. The maximum absolute atomic E-state index is 10.7. The van der Waals surface area contributed by atoms with Gasteiger partial charge in [0.05, 0.1) is 18.1 Å². The molecule has 8 heteroatoms. The minimum Gasteiger partial charge on any atom is -0.381 e. The molecule has 1 aliphatic heterocycles. The Labute approximate surface area is 165 Å². The van der Waals surface area contributed by atoms with Gasteiger partial charge in [-0.05, 0) is 32.8 Å². The maximum atomic E-state index is 10.7. The van der Waals surface area contributed by atoms with E-state index in [2.05, 4.69) is 36.4 Å². The lowest BCUT2D eigenvalue weighted by Crippen LogP contribution is -2.48. The third-order valence-corrected chi connectivity index (χ3v) is 3.64. The number of nitro benzene ring substituents is 1. The summed E-state index contributed by atoms with van der Waals surface area (Å²) >= 11 is 0. The van der Waals surface area contributed by atoms with E-state index in [1.807, 2.05) is 0 Å². The molecule has 1 unspecified atom stereocenters. The molecule has 0 saturated carbocycles. The van der Waals surface area contributed by atoms with Gasteiger partial charge >= 0.3 is 0 Å². The van der Waals surface area contributed by atoms with Crippen LogP contribution in [-0.2, 0) is 11.3 Å². The third kappa shape index (κ3) is 8.00.